The molecule has 1 aromatic heterocycles. The van der Waals surface area contributed by atoms with Gasteiger partial charge in [0.1, 0.15) is 5.58 Å². The van der Waals surface area contributed by atoms with E-state index in [1.807, 2.05) is 25.1 Å². The Morgan fingerprint density at radius 3 is 2.41 bits per heavy atom. The zero-order valence-corrected chi connectivity index (χ0v) is 20.1. The molecule has 8 heteroatoms. The van der Waals surface area contributed by atoms with Crippen molar-refractivity contribution in [2.75, 3.05) is 31.6 Å². The lowest BCUT2D eigenvalue weighted by atomic mass is 10.0. The predicted octanol–water partition coefficient (Wildman–Crippen LogP) is 3.78. The van der Waals surface area contributed by atoms with Crippen LogP contribution in [-0.2, 0) is 17.7 Å². The predicted molar refractivity (Wildman–Crippen MR) is 133 cm³/mol. The molecule has 0 saturated heterocycles. The van der Waals surface area contributed by atoms with Crippen molar-refractivity contribution in [2.45, 2.75) is 33.7 Å². The largest absolute Gasteiger partial charge is 0.449 e. The lowest BCUT2D eigenvalue weighted by molar-refractivity contribution is 0.0963. The average Bonchev–Trinajstić information content (AvgIpc) is 2.85. The minimum atomic E-state index is -0.581. The number of alkyl carbamates (subject to hydrolysis) is 1. The maximum absolute atomic E-state index is 12.6. The number of anilines is 1. The molecule has 2 aromatic carbocycles. The number of nitrogens with zero attached hydrogens (tertiary/aromatic N) is 1. The van der Waals surface area contributed by atoms with Crippen LogP contribution in [0.4, 0.5) is 10.5 Å². The number of rotatable bonds is 9. The normalized spacial score (nSPS) is 10.7. The summed E-state index contributed by atoms with van der Waals surface area (Å²) in [6, 6.07) is 12.8. The second-order valence-electron chi connectivity index (χ2n) is 7.86. The van der Waals surface area contributed by atoms with Crippen LogP contribution < -0.4 is 21.2 Å². The molecule has 8 nitrogen and oxygen atoms in total. The quantitative estimate of drug-likeness (QED) is 0.467. The highest BCUT2D eigenvalue weighted by Crippen LogP contribution is 2.25. The minimum absolute atomic E-state index is 0.0517. The number of nitrogens with one attached hydrogen (secondary N) is 2. The van der Waals surface area contributed by atoms with Crippen LogP contribution in [0.2, 0.25) is 0 Å². The topological polar surface area (TPSA) is 101 Å². The Morgan fingerprint density at radius 2 is 1.76 bits per heavy atom. The smallest absolute Gasteiger partial charge is 0.407 e. The first-order chi connectivity index (χ1) is 16.4. The summed E-state index contributed by atoms with van der Waals surface area (Å²) in [4.78, 5) is 38.4. The molecule has 0 atom stereocenters. The maximum Gasteiger partial charge on any atom is 0.407 e. The summed E-state index contributed by atoms with van der Waals surface area (Å²) in [6.45, 7) is 8.09. The highest BCUT2D eigenvalue weighted by Gasteiger charge is 2.14. The number of ether oxygens (including phenoxy) is 1. The van der Waals surface area contributed by atoms with Gasteiger partial charge in [0.05, 0.1) is 6.61 Å². The third kappa shape index (κ3) is 5.75. The summed E-state index contributed by atoms with van der Waals surface area (Å²) in [6.07, 6.45) is -0.321. The molecule has 34 heavy (non-hydrogen) atoms. The van der Waals surface area contributed by atoms with E-state index in [1.165, 1.54) is 0 Å². The number of hydrogen-bond acceptors (Lipinski definition) is 6. The van der Waals surface area contributed by atoms with Crippen molar-refractivity contribution in [3.63, 3.8) is 0 Å². The van der Waals surface area contributed by atoms with E-state index >= 15 is 0 Å². The van der Waals surface area contributed by atoms with Gasteiger partial charge in [-0.15, -0.1) is 0 Å². The summed E-state index contributed by atoms with van der Waals surface area (Å²) in [7, 11) is 1.57. The molecule has 0 fully saturated rings. The molecule has 0 aliphatic carbocycles. The van der Waals surface area contributed by atoms with Gasteiger partial charge in [-0.3, -0.25) is 4.79 Å². The van der Waals surface area contributed by atoms with Crippen molar-refractivity contribution in [2.24, 2.45) is 0 Å². The minimum Gasteiger partial charge on any atom is -0.449 e. The van der Waals surface area contributed by atoms with E-state index in [0.29, 0.717) is 16.7 Å². The number of amides is 2. The standard InChI is InChI=1S/C26H31N3O5/c1-5-29(6-2)20-11-12-21-17(3)22(25(31)34-23(21)15-20)13-14-33-26(32)28-16-18-7-9-19(10-8-18)24(30)27-4/h7-12,15H,5-6,13-14,16H2,1-4H3,(H,27,30)(H,28,32). The van der Waals surface area contributed by atoms with Gasteiger partial charge in [0.2, 0.25) is 0 Å². The fourth-order valence-corrected chi connectivity index (χ4v) is 3.85. The van der Waals surface area contributed by atoms with Crippen molar-refractivity contribution >= 4 is 28.7 Å². The van der Waals surface area contributed by atoms with Crippen LogP contribution in [0.5, 0.6) is 0 Å². The Balaban J connectivity index is 1.58. The fourth-order valence-electron chi connectivity index (χ4n) is 3.85. The SMILES string of the molecule is CCN(CC)c1ccc2c(C)c(CCOC(=O)NCc3ccc(C(=O)NC)cc3)c(=O)oc2c1. The van der Waals surface area contributed by atoms with Crippen molar-refractivity contribution in [3.8, 4) is 0 Å². The Hall–Kier alpha value is -3.81. The van der Waals surface area contributed by atoms with Gasteiger partial charge in [-0.25, -0.2) is 9.59 Å². The van der Waals surface area contributed by atoms with Crippen molar-refractivity contribution in [3.05, 3.63) is 75.1 Å². The third-order valence-corrected chi connectivity index (χ3v) is 5.86. The first-order valence-electron chi connectivity index (χ1n) is 11.4. The van der Waals surface area contributed by atoms with E-state index in [-0.39, 0.29) is 25.5 Å². The molecule has 0 saturated carbocycles. The van der Waals surface area contributed by atoms with Gasteiger partial charge < -0.3 is 24.7 Å². The molecule has 0 spiro atoms. The Labute approximate surface area is 198 Å². The summed E-state index contributed by atoms with van der Waals surface area (Å²) in [5, 5.41) is 6.09. The van der Waals surface area contributed by atoms with Crippen LogP contribution in [0.3, 0.4) is 0 Å². The number of carbonyl (C=O) groups excluding carboxylic acids is 2. The number of benzene rings is 2. The van der Waals surface area contributed by atoms with Gasteiger partial charge in [-0.2, -0.15) is 0 Å². The fraction of sp³-hybridized carbons (Fsp3) is 0.346. The molecule has 2 amide bonds. The van der Waals surface area contributed by atoms with Crippen molar-refractivity contribution < 1.29 is 18.7 Å². The maximum atomic E-state index is 12.6. The number of carbonyl (C=O) groups is 2. The van der Waals surface area contributed by atoms with Crippen molar-refractivity contribution in [1.29, 1.82) is 0 Å². The Bertz CT molecular complexity index is 1210. The van der Waals surface area contributed by atoms with Crippen LogP contribution >= 0.6 is 0 Å². The van der Waals surface area contributed by atoms with Gasteiger partial charge >= 0.3 is 11.7 Å². The lowest BCUT2D eigenvalue weighted by Crippen LogP contribution is -2.25. The lowest BCUT2D eigenvalue weighted by Gasteiger charge is -2.21. The van der Waals surface area contributed by atoms with Crippen molar-refractivity contribution in [1.82, 2.24) is 10.6 Å². The molecular weight excluding hydrogens is 434 g/mol. The first kappa shape index (κ1) is 24.8. The molecule has 1 heterocycles. The summed E-state index contributed by atoms with van der Waals surface area (Å²) in [5.74, 6) is -0.170. The Kier molecular flexibility index (Phi) is 8.29. The van der Waals surface area contributed by atoms with E-state index in [2.05, 4.69) is 29.4 Å². The molecule has 3 aromatic rings. The molecule has 180 valence electrons. The zero-order chi connectivity index (χ0) is 24.7. The van der Waals surface area contributed by atoms with Gasteiger partial charge in [0, 0.05) is 61.4 Å². The third-order valence-electron chi connectivity index (χ3n) is 5.86. The highest BCUT2D eigenvalue weighted by atomic mass is 16.5. The van der Waals surface area contributed by atoms with Crippen LogP contribution in [-0.4, -0.2) is 38.7 Å². The van der Waals surface area contributed by atoms with E-state index in [4.69, 9.17) is 9.15 Å². The molecule has 0 bridgehead atoms. The number of aryl methyl sites for hydroxylation is 1. The highest BCUT2D eigenvalue weighted by molar-refractivity contribution is 5.94. The molecular formula is C26H31N3O5. The van der Waals surface area contributed by atoms with Crippen LogP contribution in [0.15, 0.2) is 51.7 Å². The average molecular weight is 466 g/mol. The molecule has 2 N–H and O–H groups in total. The van der Waals surface area contributed by atoms with E-state index in [9.17, 15) is 14.4 Å². The van der Waals surface area contributed by atoms with Gasteiger partial charge in [0.25, 0.3) is 5.91 Å². The number of hydrogen-bond donors (Lipinski definition) is 2. The Morgan fingerprint density at radius 1 is 1.06 bits per heavy atom. The molecule has 0 unspecified atom stereocenters. The van der Waals surface area contributed by atoms with Crippen LogP contribution in [0.1, 0.15) is 40.9 Å². The van der Waals surface area contributed by atoms with E-state index < -0.39 is 11.7 Å². The first-order valence-corrected chi connectivity index (χ1v) is 11.4. The molecule has 0 aliphatic heterocycles. The molecule has 3 rings (SSSR count). The van der Waals surface area contributed by atoms with Crippen LogP contribution in [0.25, 0.3) is 11.0 Å². The summed E-state index contributed by atoms with van der Waals surface area (Å²) < 4.78 is 10.8. The van der Waals surface area contributed by atoms with Crippen LogP contribution in [0, 0.1) is 6.92 Å². The van der Waals surface area contributed by atoms with Gasteiger partial charge in [-0.05, 0) is 56.2 Å². The van der Waals surface area contributed by atoms with E-state index in [1.54, 1.807) is 31.3 Å². The van der Waals surface area contributed by atoms with E-state index in [0.717, 1.165) is 35.3 Å². The molecule has 0 radical (unpaired) electrons. The van der Waals surface area contributed by atoms with Gasteiger partial charge in [0.15, 0.2) is 0 Å². The monoisotopic (exact) mass is 465 g/mol. The summed E-state index contributed by atoms with van der Waals surface area (Å²) >= 11 is 0. The summed E-state index contributed by atoms with van der Waals surface area (Å²) in [5.41, 5.74) is 3.86. The molecule has 0 aliphatic rings. The zero-order valence-electron chi connectivity index (χ0n) is 20.1. The number of fused-ring (bicyclic) bond motifs is 1. The second-order valence-corrected chi connectivity index (χ2v) is 7.86. The van der Waals surface area contributed by atoms with Gasteiger partial charge in [-0.1, -0.05) is 12.1 Å². The second kappa shape index (κ2) is 11.4.